The van der Waals surface area contributed by atoms with Crippen molar-refractivity contribution in [3.8, 4) is 0 Å². The largest absolute Gasteiger partial charge is 0.416 e. The number of amides is 1. The Balaban J connectivity index is 2.97. The van der Waals surface area contributed by atoms with Crippen molar-refractivity contribution in [3.63, 3.8) is 0 Å². The van der Waals surface area contributed by atoms with E-state index in [1.165, 1.54) is 5.32 Å². The number of halogens is 7. The van der Waals surface area contributed by atoms with E-state index >= 15 is 0 Å². The van der Waals surface area contributed by atoms with Gasteiger partial charge in [0, 0.05) is 4.47 Å². The monoisotopic (exact) mass is 349 g/mol. The summed E-state index contributed by atoms with van der Waals surface area (Å²) in [6, 6.07) is 2.14. The molecule has 0 heterocycles. The molecule has 9 heteroatoms. The van der Waals surface area contributed by atoms with E-state index in [4.69, 9.17) is 0 Å². The quantitative estimate of drug-likeness (QED) is 0.809. The maximum absolute atomic E-state index is 12.4. The van der Waals surface area contributed by atoms with Gasteiger partial charge in [0.2, 0.25) is 0 Å². The van der Waals surface area contributed by atoms with Crippen LogP contribution in [0.4, 0.5) is 26.3 Å². The molecule has 1 amide bonds. The average molecular weight is 350 g/mol. The first kappa shape index (κ1) is 15.8. The molecule has 0 saturated carbocycles. The summed E-state index contributed by atoms with van der Waals surface area (Å²) in [4.78, 5) is 11.4. The van der Waals surface area contributed by atoms with Gasteiger partial charge in [-0.25, -0.2) is 0 Å². The van der Waals surface area contributed by atoms with Gasteiger partial charge >= 0.3 is 12.4 Å². The van der Waals surface area contributed by atoms with Crippen LogP contribution in [0, 0.1) is 0 Å². The van der Waals surface area contributed by atoms with Crippen molar-refractivity contribution in [2.75, 3.05) is 6.54 Å². The lowest BCUT2D eigenvalue weighted by Crippen LogP contribution is -2.34. The number of nitrogens with one attached hydrogen (secondary N) is 1. The number of hydrogen-bond donors (Lipinski definition) is 1. The van der Waals surface area contributed by atoms with Crippen molar-refractivity contribution < 1.29 is 31.1 Å². The van der Waals surface area contributed by atoms with Gasteiger partial charge in [-0.1, -0.05) is 0 Å². The van der Waals surface area contributed by atoms with E-state index < -0.39 is 35.9 Å². The van der Waals surface area contributed by atoms with Gasteiger partial charge in [0.05, 0.1) is 11.1 Å². The highest BCUT2D eigenvalue weighted by atomic mass is 79.9. The van der Waals surface area contributed by atoms with Crippen molar-refractivity contribution in [1.82, 2.24) is 5.32 Å². The predicted molar refractivity (Wildman–Crippen MR) is 57.5 cm³/mol. The molecule has 1 aromatic carbocycles. The normalized spacial score (nSPS) is 12.4. The second kappa shape index (κ2) is 5.40. The van der Waals surface area contributed by atoms with E-state index in [9.17, 15) is 31.1 Å². The Bertz CT molecular complexity index is 482. The van der Waals surface area contributed by atoms with E-state index in [0.717, 1.165) is 6.07 Å². The number of benzene rings is 1. The van der Waals surface area contributed by atoms with Crippen LogP contribution >= 0.6 is 15.9 Å². The van der Waals surface area contributed by atoms with Gasteiger partial charge in [-0.15, -0.1) is 0 Å². The molecule has 0 spiro atoms. The third-order valence-corrected chi connectivity index (χ3v) is 2.68. The molecule has 0 aromatic heterocycles. The van der Waals surface area contributed by atoms with Crippen LogP contribution in [0.3, 0.4) is 0 Å². The van der Waals surface area contributed by atoms with Crippen LogP contribution < -0.4 is 5.32 Å². The molecule has 1 rings (SSSR count). The van der Waals surface area contributed by atoms with Crippen molar-refractivity contribution in [2.45, 2.75) is 12.4 Å². The highest BCUT2D eigenvalue weighted by Crippen LogP contribution is 2.31. The number of hydrogen-bond acceptors (Lipinski definition) is 1. The molecule has 0 unspecified atom stereocenters. The maximum Gasteiger partial charge on any atom is 0.416 e. The summed E-state index contributed by atoms with van der Waals surface area (Å²) < 4.78 is 72.9. The fourth-order valence-corrected chi connectivity index (χ4v) is 1.58. The SMILES string of the molecule is O=C(NCC(F)(F)F)c1cc(C(F)(F)F)ccc1Br. The molecule has 2 nitrogen and oxygen atoms in total. The third-order valence-electron chi connectivity index (χ3n) is 1.99. The van der Waals surface area contributed by atoms with Crippen molar-refractivity contribution in [2.24, 2.45) is 0 Å². The van der Waals surface area contributed by atoms with Gasteiger partial charge in [0.15, 0.2) is 0 Å². The molecule has 0 aliphatic heterocycles. The summed E-state index contributed by atoms with van der Waals surface area (Å²) in [5.74, 6) is -1.24. The molecular weight excluding hydrogens is 344 g/mol. The molecular formula is C10H6BrF6NO. The lowest BCUT2D eigenvalue weighted by Gasteiger charge is -2.12. The van der Waals surface area contributed by atoms with Gasteiger partial charge < -0.3 is 5.32 Å². The summed E-state index contributed by atoms with van der Waals surface area (Å²) in [6.07, 6.45) is -9.32. The highest BCUT2D eigenvalue weighted by molar-refractivity contribution is 9.10. The Morgan fingerprint density at radius 2 is 1.74 bits per heavy atom. The predicted octanol–water partition coefficient (Wildman–Crippen LogP) is 3.76. The van der Waals surface area contributed by atoms with E-state index in [1.807, 2.05) is 0 Å². The zero-order valence-corrected chi connectivity index (χ0v) is 10.6. The van der Waals surface area contributed by atoms with Crippen LogP contribution in [0.1, 0.15) is 15.9 Å². The minimum Gasteiger partial charge on any atom is -0.343 e. The summed E-state index contributed by atoms with van der Waals surface area (Å²) >= 11 is 2.81. The van der Waals surface area contributed by atoms with Crippen molar-refractivity contribution >= 4 is 21.8 Å². The lowest BCUT2D eigenvalue weighted by molar-refractivity contribution is -0.137. The van der Waals surface area contributed by atoms with Crippen molar-refractivity contribution in [1.29, 1.82) is 0 Å². The third kappa shape index (κ3) is 4.73. The van der Waals surface area contributed by atoms with E-state index in [0.29, 0.717) is 12.1 Å². The van der Waals surface area contributed by atoms with Crippen molar-refractivity contribution in [3.05, 3.63) is 33.8 Å². The standard InChI is InChI=1S/C10H6BrF6NO/c11-7-2-1-5(10(15,16)17)3-6(7)8(19)18-4-9(12,13)14/h1-3H,4H2,(H,18,19). The number of alkyl halides is 6. The Morgan fingerprint density at radius 1 is 1.16 bits per heavy atom. The van der Waals surface area contributed by atoms with Gasteiger partial charge in [-0.2, -0.15) is 26.3 Å². The fraction of sp³-hybridized carbons (Fsp3) is 0.300. The highest BCUT2D eigenvalue weighted by Gasteiger charge is 2.32. The second-order valence-corrected chi connectivity index (χ2v) is 4.34. The summed E-state index contributed by atoms with van der Waals surface area (Å²) in [5, 5.41) is 1.50. The molecule has 0 aliphatic rings. The van der Waals surface area contributed by atoms with E-state index in [-0.39, 0.29) is 4.47 Å². The minimum absolute atomic E-state index is 0.0276. The maximum atomic E-state index is 12.4. The number of carbonyl (C=O) groups excluding carboxylic acids is 1. The molecule has 19 heavy (non-hydrogen) atoms. The lowest BCUT2D eigenvalue weighted by atomic mass is 10.1. The van der Waals surface area contributed by atoms with Gasteiger partial charge in [0.25, 0.3) is 5.91 Å². The fourth-order valence-electron chi connectivity index (χ4n) is 1.15. The topological polar surface area (TPSA) is 29.1 Å². The molecule has 1 N–H and O–H groups in total. The molecule has 0 aliphatic carbocycles. The molecule has 0 radical (unpaired) electrons. The van der Waals surface area contributed by atoms with Gasteiger partial charge in [-0.05, 0) is 34.1 Å². The minimum atomic E-state index is -4.68. The summed E-state index contributed by atoms with van der Waals surface area (Å²) in [5.41, 5.74) is -1.63. The van der Waals surface area contributed by atoms with Crippen LogP contribution in [0.15, 0.2) is 22.7 Å². The Labute approximate surface area is 111 Å². The molecule has 106 valence electrons. The van der Waals surface area contributed by atoms with E-state index in [2.05, 4.69) is 15.9 Å². The zero-order chi connectivity index (χ0) is 14.8. The molecule has 0 saturated heterocycles. The molecule has 0 bridgehead atoms. The van der Waals surface area contributed by atoms with Crippen LogP contribution in [0.2, 0.25) is 0 Å². The number of rotatable bonds is 2. The van der Waals surface area contributed by atoms with Crippen LogP contribution in [-0.2, 0) is 6.18 Å². The Morgan fingerprint density at radius 3 is 2.21 bits per heavy atom. The second-order valence-electron chi connectivity index (χ2n) is 3.49. The van der Waals surface area contributed by atoms with Crippen LogP contribution in [0.5, 0.6) is 0 Å². The smallest absolute Gasteiger partial charge is 0.343 e. The molecule has 0 atom stereocenters. The molecule has 1 aromatic rings. The van der Waals surface area contributed by atoms with Crippen LogP contribution in [0.25, 0.3) is 0 Å². The molecule has 0 fully saturated rings. The Kier molecular flexibility index (Phi) is 4.49. The average Bonchev–Trinajstić information content (AvgIpc) is 2.24. The first-order valence-electron chi connectivity index (χ1n) is 4.72. The zero-order valence-electron chi connectivity index (χ0n) is 8.99. The summed E-state index contributed by atoms with van der Waals surface area (Å²) in [7, 11) is 0. The Hall–Kier alpha value is -1.25. The van der Waals surface area contributed by atoms with Gasteiger partial charge in [-0.3, -0.25) is 4.79 Å². The van der Waals surface area contributed by atoms with Crippen LogP contribution in [-0.4, -0.2) is 18.6 Å². The first-order valence-corrected chi connectivity index (χ1v) is 5.52. The summed E-state index contributed by atoms with van der Waals surface area (Å²) in [6.45, 7) is -1.62. The van der Waals surface area contributed by atoms with Gasteiger partial charge in [0.1, 0.15) is 6.54 Å². The van der Waals surface area contributed by atoms with E-state index in [1.54, 1.807) is 0 Å². The number of carbonyl (C=O) groups is 1. The first-order chi connectivity index (χ1) is 8.50.